The van der Waals surface area contributed by atoms with Crippen molar-refractivity contribution in [3.05, 3.63) is 36.0 Å². The van der Waals surface area contributed by atoms with Crippen molar-refractivity contribution in [2.24, 2.45) is 5.92 Å². The highest BCUT2D eigenvalue weighted by atomic mass is 16.4. The molecule has 1 fully saturated rings. The quantitative estimate of drug-likeness (QED) is 0.415. The Kier molecular flexibility index (Phi) is 7.47. The Hall–Kier alpha value is -3.69. The largest absolute Gasteiger partial charge is 0.481 e. The highest BCUT2D eigenvalue weighted by Gasteiger charge is 2.39. The molecule has 1 aromatic heterocycles. The zero-order valence-electron chi connectivity index (χ0n) is 18.5. The highest BCUT2D eigenvalue weighted by Crippen LogP contribution is 2.21. The average Bonchev–Trinajstić information content (AvgIpc) is 3.43. The van der Waals surface area contributed by atoms with Gasteiger partial charge in [0.05, 0.1) is 12.5 Å². The van der Waals surface area contributed by atoms with Crippen LogP contribution in [0, 0.1) is 5.92 Å². The SMILES string of the molecule is CC(C)[C@H](NC(=O)c1cc2ccccc2[nH]1)C(=O)N1CCC[C@H]1C(=O)N[C@H](C=O)CC(=O)O. The predicted molar refractivity (Wildman–Crippen MR) is 119 cm³/mol. The molecule has 0 spiro atoms. The van der Waals surface area contributed by atoms with Gasteiger partial charge >= 0.3 is 5.97 Å². The number of para-hydroxylation sites is 1. The third-order valence-electron chi connectivity index (χ3n) is 5.72. The number of nitrogens with zero attached hydrogens (tertiary/aromatic N) is 1. The number of hydrogen-bond donors (Lipinski definition) is 4. The Bertz CT molecular complexity index is 1030. The topological polar surface area (TPSA) is 149 Å². The molecule has 2 heterocycles. The van der Waals surface area contributed by atoms with Gasteiger partial charge in [-0.25, -0.2) is 0 Å². The van der Waals surface area contributed by atoms with Gasteiger partial charge in [0.25, 0.3) is 5.91 Å². The van der Waals surface area contributed by atoms with E-state index in [1.165, 1.54) is 4.90 Å². The molecule has 0 unspecified atom stereocenters. The molecular formula is C23H28N4O6. The molecule has 1 saturated heterocycles. The number of hydrogen-bond acceptors (Lipinski definition) is 5. The summed E-state index contributed by atoms with van der Waals surface area (Å²) in [6.45, 7) is 3.93. The van der Waals surface area contributed by atoms with E-state index in [9.17, 15) is 24.0 Å². The van der Waals surface area contributed by atoms with Crippen LogP contribution in [0.2, 0.25) is 0 Å². The first kappa shape index (κ1) is 24.0. The van der Waals surface area contributed by atoms with Crippen molar-refractivity contribution in [3.63, 3.8) is 0 Å². The lowest BCUT2D eigenvalue weighted by Crippen LogP contribution is -2.56. The number of carbonyl (C=O) groups is 5. The van der Waals surface area contributed by atoms with Crippen LogP contribution in [0.1, 0.15) is 43.6 Å². The molecule has 176 valence electrons. The van der Waals surface area contributed by atoms with Gasteiger partial charge in [0.15, 0.2) is 0 Å². The molecule has 0 aliphatic carbocycles. The summed E-state index contributed by atoms with van der Waals surface area (Å²) in [7, 11) is 0. The zero-order valence-corrected chi connectivity index (χ0v) is 18.5. The van der Waals surface area contributed by atoms with Crippen molar-refractivity contribution >= 4 is 40.9 Å². The fraction of sp³-hybridized carbons (Fsp3) is 0.435. The van der Waals surface area contributed by atoms with Gasteiger partial charge in [-0.05, 0) is 30.9 Å². The highest BCUT2D eigenvalue weighted by molar-refractivity contribution is 6.01. The number of aliphatic carboxylic acids is 1. The molecular weight excluding hydrogens is 428 g/mol. The van der Waals surface area contributed by atoms with Gasteiger partial charge in [-0.3, -0.25) is 19.2 Å². The minimum atomic E-state index is -1.22. The molecule has 0 bridgehead atoms. The number of rotatable bonds is 9. The summed E-state index contributed by atoms with van der Waals surface area (Å²) in [6, 6.07) is 6.28. The van der Waals surface area contributed by atoms with E-state index in [0.717, 1.165) is 10.9 Å². The Balaban J connectivity index is 1.72. The molecule has 10 nitrogen and oxygen atoms in total. The number of benzene rings is 1. The number of nitrogens with one attached hydrogen (secondary N) is 3. The molecule has 3 rings (SSSR count). The second kappa shape index (κ2) is 10.3. The number of aldehydes is 1. The molecule has 33 heavy (non-hydrogen) atoms. The minimum absolute atomic E-state index is 0.245. The minimum Gasteiger partial charge on any atom is -0.481 e. The van der Waals surface area contributed by atoms with Crippen LogP contribution in [0.25, 0.3) is 10.9 Å². The van der Waals surface area contributed by atoms with Gasteiger partial charge in [0, 0.05) is 17.4 Å². The predicted octanol–water partition coefficient (Wildman–Crippen LogP) is 1.07. The van der Waals surface area contributed by atoms with Crippen LogP contribution in [0.5, 0.6) is 0 Å². The number of likely N-dealkylation sites (tertiary alicyclic amines) is 1. The Morgan fingerprint density at radius 2 is 1.94 bits per heavy atom. The maximum absolute atomic E-state index is 13.3. The van der Waals surface area contributed by atoms with E-state index in [1.54, 1.807) is 19.9 Å². The van der Waals surface area contributed by atoms with Gasteiger partial charge in [-0.1, -0.05) is 32.0 Å². The van der Waals surface area contributed by atoms with Crippen LogP contribution < -0.4 is 10.6 Å². The summed E-state index contributed by atoms with van der Waals surface area (Å²) in [5.41, 5.74) is 1.13. The third kappa shape index (κ3) is 5.57. The molecule has 2 aromatic rings. The smallest absolute Gasteiger partial charge is 0.305 e. The standard InChI is InChI=1S/C23H28N4O6/c1-13(2)20(26-21(31)17-10-14-6-3-4-7-16(14)25-17)23(33)27-9-5-8-18(27)22(32)24-15(12-28)11-19(29)30/h3-4,6-7,10,12-13,15,18,20,25H,5,8-9,11H2,1-2H3,(H,24,32)(H,26,31)(H,29,30)/t15-,18-,20-/m0/s1. The Morgan fingerprint density at radius 3 is 2.58 bits per heavy atom. The van der Waals surface area contributed by atoms with Crippen LogP contribution in [0.3, 0.4) is 0 Å². The summed E-state index contributed by atoms with van der Waals surface area (Å²) in [5.74, 6) is -2.87. The number of H-pyrrole nitrogens is 1. The molecule has 3 atom stereocenters. The van der Waals surface area contributed by atoms with Crippen molar-refractivity contribution in [2.75, 3.05) is 6.54 Å². The van der Waals surface area contributed by atoms with E-state index in [-0.39, 0.29) is 5.92 Å². The van der Waals surface area contributed by atoms with Crippen molar-refractivity contribution < 1.29 is 29.1 Å². The number of aromatic amines is 1. The van der Waals surface area contributed by atoms with Gasteiger partial charge in [-0.2, -0.15) is 0 Å². The Morgan fingerprint density at radius 1 is 1.21 bits per heavy atom. The first-order valence-corrected chi connectivity index (χ1v) is 10.9. The molecule has 0 radical (unpaired) electrons. The zero-order chi connectivity index (χ0) is 24.1. The third-order valence-corrected chi connectivity index (χ3v) is 5.72. The number of amides is 3. The lowest BCUT2D eigenvalue weighted by atomic mass is 10.0. The van der Waals surface area contributed by atoms with E-state index < -0.39 is 48.2 Å². The molecule has 1 aliphatic heterocycles. The second-order valence-electron chi connectivity index (χ2n) is 8.50. The molecule has 1 aromatic carbocycles. The van der Waals surface area contributed by atoms with E-state index in [1.807, 2.05) is 24.3 Å². The monoisotopic (exact) mass is 456 g/mol. The summed E-state index contributed by atoms with van der Waals surface area (Å²) >= 11 is 0. The molecule has 4 N–H and O–H groups in total. The molecule has 10 heteroatoms. The van der Waals surface area contributed by atoms with Crippen molar-refractivity contribution in [1.29, 1.82) is 0 Å². The van der Waals surface area contributed by atoms with Crippen LogP contribution in [-0.4, -0.2) is 69.6 Å². The van der Waals surface area contributed by atoms with Gasteiger partial charge in [0.2, 0.25) is 11.8 Å². The lowest BCUT2D eigenvalue weighted by Gasteiger charge is -2.30. The van der Waals surface area contributed by atoms with Gasteiger partial charge < -0.3 is 30.4 Å². The maximum Gasteiger partial charge on any atom is 0.305 e. The number of carboxylic acids is 1. The van der Waals surface area contributed by atoms with Crippen molar-refractivity contribution in [2.45, 2.75) is 51.2 Å². The summed E-state index contributed by atoms with van der Waals surface area (Å²) in [5, 5.41) is 14.9. The molecule has 0 saturated carbocycles. The average molecular weight is 456 g/mol. The first-order valence-electron chi connectivity index (χ1n) is 10.9. The number of aromatic nitrogens is 1. The maximum atomic E-state index is 13.3. The number of fused-ring (bicyclic) bond motifs is 1. The summed E-state index contributed by atoms with van der Waals surface area (Å²) in [6.07, 6.45) is 0.794. The number of carboxylic acid groups (broad SMARTS) is 1. The summed E-state index contributed by atoms with van der Waals surface area (Å²) in [4.78, 5) is 65.3. The van der Waals surface area contributed by atoms with E-state index in [0.29, 0.717) is 31.4 Å². The van der Waals surface area contributed by atoms with Crippen LogP contribution >= 0.6 is 0 Å². The fourth-order valence-electron chi connectivity index (χ4n) is 4.01. The van der Waals surface area contributed by atoms with Crippen LogP contribution in [0.4, 0.5) is 0 Å². The number of carbonyl (C=O) groups excluding carboxylic acids is 4. The normalized spacial score (nSPS) is 17.5. The van der Waals surface area contributed by atoms with E-state index in [2.05, 4.69) is 15.6 Å². The summed E-state index contributed by atoms with van der Waals surface area (Å²) < 4.78 is 0. The second-order valence-corrected chi connectivity index (χ2v) is 8.50. The van der Waals surface area contributed by atoms with Gasteiger partial charge in [0.1, 0.15) is 24.1 Å². The van der Waals surface area contributed by atoms with E-state index >= 15 is 0 Å². The lowest BCUT2D eigenvalue weighted by molar-refractivity contribution is -0.142. The van der Waals surface area contributed by atoms with Crippen LogP contribution in [0.15, 0.2) is 30.3 Å². The first-order chi connectivity index (χ1) is 15.7. The Labute approximate surface area is 190 Å². The molecule has 3 amide bonds. The fourth-order valence-corrected chi connectivity index (χ4v) is 4.01. The van der Waals surface area contributed by atoms with E-state index in [4.69, 9.17) is 5.11 Å². The van der Waals surface area contributed by atoms with Crippen LogP contribution in [-0.2, 0) is 19.2 Å². The molecule has 1 aliphatic rings. The van der Waals surface area contributed by atoms with Gasteiger partial charge in [-0.15, -0.1) is 0 Å². The van der Waals surface area contributed by atoms with Crippen molar-refractivity contribution in [1.82, 2.24) is 20.5 Å². The van der Waals surface area contributed by atoms with Crippen molar-refractivity contribution in [3.8, 4) is 0 Å².